The van der Waals surface area contributed by atoms with Crippen molar-refractivity contribution in [1.82, 2.24) is 15.8 Å². The number of aliphatic hydroxyl groups is 1. The fourth-order valence-electron chi connectivity index (χ4n) is 4.73. The quantitative estimate of drug-likeness (QED) is 0.558. The van der Waals surface area contributed by atoms with E-state index in [1.54, 1.807) is 6.07 Å². The number of aromatic hydroxyl groups is 1. The van der Waals surface area contributed by atoms with E-state index in [9.17, 15) is 15.0 Å². The lowest BCUT2D eigenvalue weighted by molar-refractivity contribution is -0.130. The molecular formula is C23H29N3O4. The van der Waals surface area contributed by atoms with E-state index in [1.807, 2.05) is 55.1 Å². The van der Waals surface area contributed by atoms with E-state index in [0.29, 0.717) is 19.6 Å². The van der Waals surface area contributed by atoms with Gasteiger partial charge in [0.25, 0.3) is 0 Å². The van der Waals surface area contributed by atoms with E-state index < -0.39 is 6.04 Å². The lowest BCUT2D eigenvalue weighted by Gasteiger charge is -2.31. The van der Waals surface area contributed by atoms with Gasteiger partial charge in [-0.15, -0.1) is 0 Å². The molecule has 160 valence electrons. The molecule has 2 aliphatic heterocycles. The number of benzene rings is 2. The van der Waals surface area contributed by atoms with Crippen molar-refractivity contribution in [3.8, 4) is 11.5 Å². The van der Waals surface area contributed by atoms with Crippen LogP contribution in [0.5, 0.6) is 11.5 Å². The largest absolute Gasteiger partial charge is 0.508 e. The second kappa shape index (κ2) is 8.63. The van der Waals surface area contributed by atoms with Crippen LogP contribution in [0.3, 0.4) is 0 Å². The number of aryl methyl sites for hydroxylation is 1. The van der Waals surface area contributed by atoms with Crippen LogP contribution in [0.4, 0.5) is 0 Å². The first-order chi connectivity index (χ1) is 14.5. The molecule has 0 bridgehead atoms. The number of nitrogens with one attached hydrogen (secondary N) is 2. The van der Waals surface area contributed by atoms with Crippen molar-refractivity contribution in [2.45, 2.75) is 38.4 Å². The standard InChI is InChI=1S/C23H29N3O4/c1-3-30-16-7-4-6-15(13-16)22-19-20(17-12-14(2)8-9-18(17)28)24-25-21(19)23(29)26(22)10-5-11-27/h4,6-9,12-13,19-22,24-25,27-28H,3,5,10-11H2,1-2H3. The van der Waals surface area contributed by atoms with Crippen molar-refractivity contribution < 1.29 is 19.7 Å². The van der Waals surface area contributed by atoms with E-state index in [0.717, 1.165) is 22.4 Å². The van der Waals surface area contributed by atoms with Gasteiger partial charge in [0.2, 0.25) is 5.91 Å². The zero-order valence-electron chi connectivity index (χ0n) is 17.3. The summed E-state index contributed by atoms with van der Waals surface area (Å²) in [7, 11) is 0. The number of hydrogen-bond acceptors (Lipinski definition) is 6. The molecule has 2 fully saturated rings. The van der Waals surface area contributed by atoms with Crippen molar-refractivity contribution in [2.24, 2.45) is 5.92 Å². The lowest BCUT2D eigenvalue weighted by atomic mass is 9.82. The van der Waals surface area contributed by atoms with E-state index in [-0.39, 0.29) is 36.3 Å². The second-order valence-electron chi connectivity index (χ2n) is 7.94. The maximum atomic E-state index is 13.3. The van der Waals surface area contributed by atoms with Gasteiger partial charge in [0.1, 0.15) is 17.5 Å². The first kappa shape index (κ1) is 20.7. The number of hydrogen-bond donors (Lipinski definition) is 4. The van der Waals surface area contributed by atoms with E-state index >= 15 is 0 Å². The average Bonchev–Trinajstić information content (AvgIpc) is 3.28. The number of phenols is 1. The predicted molar refractivity (Wildman–Crippen MR) is 113 cm³/mol. The summed E-state index contributed by atoms with van der Waals surface area (Å²) in [6.45, 7) is 4.99. The smallest absolute Gasteiger partial charge is 0.242 e. The molecule has 2 aliphatic rings. The van der Waals surface area contributed by atoms with Crippen molar-refractivity contribution >= 4 is 5.91 Å². The molecule has 0 spiro atoms. The number of carbonyl (C=O) groups is 1. The Bertz CT molecular complexity index is 919. The molecule has 2 heterocycles. The lowest BCUT2D eigenvalue weighted by Crippen LogP contribution is -2.41. The van der Waals surface area contributed by atoms with Crippen LogP contribution in [-0.2, 0) is 4.79 Å². The van der Waals surface area contributed by atoms with Gasteiger partial charge in [0.15, 0.2) is 0 Å². The van der Waals surface area contributed by atoms with Crippen molar-refractivity contribution in [1.29, 1.82) is 0 Å². The van der Waals surface area contributed by atoms with Crippen LogP contribution in [0.2, 0.25) is 0 Å². The Morgan fingerprint density at radius 1 is 1.13 bits per heavy atom. The van der Waals surface area contributed by atoms with Gasteiger partial charge < -0.3 is 19.8 Å². The van der Waals surface area contributed by atoms with Gasteiger partial charge in [-0.3, -0.25) is 4.79 Å². The monoisotopic (exact) mass is 411 g/mol. The minimum absolute atomic E-state index is 0.00223. The summed E-state index contributed by atoms with van der Waals surface area (Å²) >= 11 is 0. The third-order valence-corrected chi connectivity index (χ3v) is 6.00. The molecule has 2 aromatic carbocycles. The maximum Gasteiger partial charge on any atom is 0.242 e. The highest BCUT2D eigenvalue weighted by Crippen LogP contribution is 2.49. The summed E-state index contributed by atoms with van der Waals surface area (Å²) < 4.78 is 5.69. The van der Waals surface area contributed by atoms with Gasteiger partial charge in [-0.1, -0.05) is 29.8 Å². The van der Waals surface area contributed by atoms with E-state index in [1.165, 1.54) is 0 Å². The SMILES string of the molecule is CCOc1cccc(C2C3C(NNC3c3cc(C)ccc3O)C(=O)N2CCCO)c1. The van der Waals surface area contributed by atoms with Gasteiger partial charge in [0, 0.05) is 24.6 Å². The van der Waals surface area contributed by atoms with Crippen LogP contribution in [0.1, 0.15) is 42.1 Å². The topological polar surface area (TPSA) is 94.1 Å². The highest BCUT2D eigenvalue weighted by molar-refractivity contribution is 5.86. The zero-order chi connectivity index (χ0) is 21.3. The van der Waals surface area contributed by atoms with Crippen LogP contribution in [0, 0.1) is 12.8 Å². The van der Waals surface area contributed by atoms with Gasteiger partial charge in [-0.05, 0) is 44.0 Å². The molecule has 0 aliphatic carbocycles. The fraction of sp³-hybridized carbons (Fsp3) is 0.435. The van der Waals surface area contributed by atoms with Crippen molar-refractivity contribution in [2.75, 3.05) is 19.8 Å². The Hall–Kier alpha value is -2.61. The molecule has 0 aromatic heterocycles. The molecule has 7 heteroatoms. The van der Waals surface area contributed by atoms with Crippen LogP contribution in [0.15, 0.2) is 42.5 Å². The average molecular weight is 412 g/mol. The minimum Gasteiger partial charge on any atom is -0.508 e. The molecule has 7 nitrogen and oxygen atoms in total. The number of rotatable bonds is 7. The van der Waals surface area contributed by atoms with Gasteiger partial charge >= 0.3 is 0 Å². The Balaban J connectivity index is 1.77. The molecular weight excluding hydrogens is 382 g/mol. The summed E-state index contributed by atoms with van der Waals surface area (Å²) in [5.74, 6) is 0.855. The fourth-order valence-corrected chi connectivity index (χ4v) is 4.73. The summed E-state index contributed by atoms with van der Waals surface area (Å²) in [5, 5.41) is 19.9. The number of nitrogens with zero attached hydrogens (tertiary/aromatic N) is 1. The van der Waals surface area contributed by atoms with Crippen LogP contribution in [0.25, 0.3) is 0 Å². The zero-order valence-corrected chi connectivity index (χ0v) is 17.3. The maximum absolute atomic E-state index is 13.3. The minimum atomic E-state index is -0.408. The van der Waals surface area contributed by atoms with Crippen LogP contribution < -0.4 is 15.6 Å². The first-order valence-corrected chi connectivity index (χ1v) is 10.5. The normalized spacial score (nSPS) is 25.6. The Morgan fingerprint density at radius 2 is 1.93 bits per heavy atom. The van der Waals surface area contributed by atoms with Gasteiger partial charge in [-0.2, -0.15) is 0 Å². The predicted octanol–water partition coefficient (Wildman–Crippen LogP) is 2.20. The molecule has 2 aromatic rings. The Labute approximate surface area is 176 Å². The number of likely N-dealkylation sites (tertiary alicyclic amines) is 1. The van der Waals surface area contributed by atoms with Crippen LogP contribution in [-0.4, -0.2) is 46.8 Å². The van der Waals surface area contributed by atoms with Crippen molar-refractivity contribution in [3.05, 3.63) is 59.2 Å². The van der Waals surface area contributed by atoms with Crippen LogP contribution >= 0.6 is 0 Å². The third kappa shape index (κ3) is 3.64. The number of carbonyl (C=O) groups excluding carboxylic acids is 1. The molecule has 0 saturated carbocycles. The number of amides is 1. The second-order valence-corrected chi connectivity index (χ2v) is 7.94. The molecule has 4 N–H and O–H groups in total. The molecule has 4 rings (SSSR count). The molecule has 4 unspecified atom stereocenters. The van der Waals surface area contributed by atoms with Gasteiger partial charge in [-0.25, -0.2) is 10.9 Å². The molecule has 2 saturated heterocycles. The highest BCUT2D eigenvalue weighted by atomic mass is 16.5. The number of aliphatic hydroxyl groups excluding tert-OH is 1. The summed E-state index contributed by atoms with van der Waals surface area (Å²) in [4.78, 5) is 15.1. The summed E-state index contributed by atoms with van der Waals surface area (Å²) in [5.41, 5.74) is 9.22. The van der Waals surface area contributed by atoms with Gasteiger partial charge in [0.05, 0.1) is 18.7 Å². The summed E-state index contributed by atoms with van der Waals surface area (Å²) in [6, 6.07) is 12.5. The summed E-state index contributed by atoms with van der Waals surface area (Å²) in [6.07, 6.45) is 0.515. The number of fused-ring (bicyclic) bond motifs is 1. The Kier molecular flexibility index (Phi) is 5.94. The number of hydrazine groups is 1. The molecule has 1 amide bonds. The highest BCUT2D eigenvalue weighted by Gasteiger charge is 2.55. The third-order valence-electron chi connectivity index (χ3n) is 6.00. The Morgan fingerprint density at radius 3 is 2.70 bits per heavy atom. The van der Waals surface area contributed by atoms with E-state index in [2.05, 4.69) is 10.9 Å². The molecule has 0 radical (unpaired) electrons. The number of ether oxygens (including phenoxy) is 1. The molecule has 4 atom stereocenters. The number of phenolic OH excluding ortho intramolecular Hbond substituents is 1. The molecule has 30 heavy (non-hydrogen) atoms. The first-order valence-electron chi connectivity index (χ1n) is 10.5. The van der Waals surface area contributed by atoms with Crippen molar-refractivity contribution in [3.63, 3.8) is 0 Å². The van der Waals surface area contributed by atoms with E-state index in [4.69, 9.17) is 4.74 Å².